The molecule has 1 heterocycles. The second-order valence-corrected chi connectivity index (χ2v) is 4.13. The maximum Gasteiger partial charge on any atom is 0.338 e. The van der Waals surface area contributed by atoms with Gasteiger partial charge in [-0.15, -0.1) is 0 Å². The van der Waals surface area contributed by atoms with Crippen LogP contribution in [0.15, 0.2) is 18.3 Å². The van der Waals surface area contributed by atoms with Crippen LogP contribution in [0.25, 0.3) is 10.9 Å². The molecule has 0 unspecified atom stereocenters. The fraction of sp³-hybridized carbons (Fsp3) is 0.267. The van der Waals surface area contributed by atoms with E-state index in [2.05, 4.69) is 22.0 Å². The molecule has 2 aromatic rings. The Balaban J connectivity index is 2.31. The first kappa shape index (κ1) is 14.6. The van der Waals surface area contributed by atoms with Crippen LogP contribution in [0.1, 0.15) is 29.3 Å². The van der Waals surface area contributed by atoms with Crippen LogP contribution in [0.4, 0.5) is 0 Å². The van der Waals surface area contributed by atoms with Crippen LogP contribution in [0.2, 0.25) is 0 Å². The van der Waals surface area contributed by atoms with Crippen molar-refractivity contribution in [3.05, 3.63) is 29.5 Å². The molecule has 0 aliphatic heterocycles. The molecular weight excluding hydrogens is 272 g/mol. The van der Waals surface area contributed by atoms with Crippen LogP contribution in [0, 0.1) is 11.8 Å². The largest absolute Gasteiger partial charge is 0.465 e. The topological polar surface area (TPSA) is 81.3 Å². The van der Waals surface area contributed by atoms with Crippen molar-refractivity contribution in [1.29, 1.82) is 0 Å². The van der Waals surface area contributed by atoms with Gasteiger partial charge in [-0.1, -0.05) is 11.8 Å². The van der Waals surface area contributed by atoms with E-state index in [1.54, 1.807) is 25.3 Å². The van der Waals surface area contributed by atoms with Gasteiger partial charge < -0.3 is 9.47 Å². The number of H-pyrrole nitrogens is 1. The maximum atomic E-state index is 11.8. The third kappa shape index (κ3) is 3.39. The molecule has 0 atom stereocenters. The molecule has 2 rings (SSSR count). The van der Waals surface area contributed by atoms with Crippen LogP contribution in [-0.2, 0) is 14.3 Å². The molecule has 0 bridgehead atoms. The molecule has 0 aliphatic carbocycles. The number of benzene rings is 1. The van der Waals surface area contributed by atoms with E-state index in [0.29, 0.717) is 28.6 Å². The minimum Gasteiger partial charge on any atom is -0.465 e. The number of aromatic nitrogens is 2. The number of hydrogen-bond acceptors (Lipinski definition) is 5. The predicted octanol–water partition coefficient (Wildman–Crippen LogP) is 1.65. The predicted molar refractivity (Wildman–Crippen MR) is 75.6 cm³/mol. The summed E-state index contributed by atoms with van der Waals surface area (Å²) >= 11 is 0. The van der Waals surface area contributed by atoms with Gasteiger partial charge in [0, 0.05) is 10.9 Å². The van der Waals surface area contributed by atoms with Crippen molar-refractivity contribution in [2.24, 2.45) is 0 Å². The molecule has 6 nitrogen and oxygen atoms in total. The van der Waals surface area contributed by atoms with Gasteiger partial charge >= 0.3 is 11.9 Å². The summed E-state index contributed by atoms with van der Waals surface area (Å²) < 4.78 is 9.53. The summed E-state index contributed by atoms with van der Waals surface area (Å²) in [5.74, 6) is 4.71. The first-order valence-corrected chi connectivity index (χ1v) is 6.35. The Bertz CT molecular complexity index is 737. The van der Waals surface area contributed by atoms with E-state index < -0.39 is 5.97 Å². The average molecular weight is 286 g/mol. The van der Waals surface area contributed by atoms with Crippen molar-refractivity contribution >= 4 is 22.8 Å². The van der Waals surface area contributed by atoms with Crippen molar-refractivity contribution < 1.29 is 19.1 Å². The Labute approximate surface area is 121 Å². The molecular formula is C15H14N2O4. The molecule has 1 N–H and O–H groups in total. The Morgan fingerprint density at radius 2 is 2.19 bits per heavy atom. The van der Waals surface area contributed by atoms with Gasteiger partial charge in [-0.05, 0) is 19.1 Å². The lowest BCUT2D eigenvalue weighted by Crippen LogP contribution is -2.02. The van der Waals surface area contributed by atoms with E-state index in [1.807, 2.05) is 0 Å². The van der Waals surface area contributed by atoms with Crippen molar-refractivity contribution in [2.75, 3.05) is 13.7 Å². The number of carbonyl (C=O) groups is 2. The summed E-state index contributed by atoms with van der Waals surface area (Å²) in [6, 6.07) is 3.37. The summed E-state index contributed by atoms with van der Waals surface area (Å²) in [7, 11) is 1.31. The molecule has 0 saturated carbocycles. The SMILES string of the molecule is CCOC(=O)CC#Cc1cc(C(=O)OC)c2cn[nH]c2c1. The van der Waals surface area contributed by atoms with Crippen LogP contribution in [0.5, 0.6) is 0 Å². The molecule has 21 heavy (non-hydrogen) atoms. The zero-order chi connectivity index (χ0) is 15.2. The fourth-order valence-corrected chi connectivity index (χ4v) is 1.83. The number of rotatable bonds is 3. The standard InChI is InChI=1S/C15H14N2O4/c1-3-21-14(18)6-4-5-10-7-11(15(19)20-2)12-9-16-17-13(12)8-10/h7-9H,3,6H2,1-2H3,(H,16,17). The van der Waals surface area contributed by atoms with Gasteiger partial charge in [-0.2, -0.15) is 5.10 Å². The van der Waals surface area contributed by atoms with Crippen LogP contribution >= 0.6 is 0 Å². The molecule has 0 amide bonds. The van der Waals surface area contributed by atoms with Gasteiger partial charge in [-0.3, -0.25) is 9.89 Å². The smallest absolute Gasteiger partial charge is 0.338 e. The number of esters is 2. The van der Waals surface area contributed by atoms with E-state index in [9.17, 15) is 9.59 Å². The minimum atomic E-state index is -0.463. The number of nitrogens with zero attached hydrogens (tertiary/aromatic N) is 1. The van der Waals surface area contributed by atoms with E-state index in [4.69, 9.17) is 9.47 Å². The number of nitrogens with one attached hydrogen (secondary N) is 1. The molecule has 108 valence electrons. The van der Waals surface area contributed by atoms with Crippen molar-refractivity contribution in [3.8, 4) is 11.8 Å². The van der Waals surface area contributed by atoms with Gasteiger partial charge in [0.15, 0.2) is 0 Å². The molecule has 1 aromatic heterocycles. The average Bonchev–Trinajstić information content (AvgIpc) is 2.94. The van der Waals surface area contributed by atoms with E-state index in [0.717, 1.165) is 0 Å². The lowest BCUT2D eigenvalue weighted by Gasteiger charge is -2.02. The van der Waals surface area contributed by atoms with Crippen molar-refractivity contribution in [1.82, 2.24) is 10.2 Å². The quantitative estimate of drug-likeness (QED) is 0.685. The number of hydrogen-bond donors (Lipinski definition) is 1. The first-order valence-electron chi connectivity index (χ1n) is 6.35. The van der Waals surface area contributed by atoms with Crippen LogP contribution < -0.4 is 0 Å². The lowest BCUT2D eigenvalue weighted by atomic mass is 10.1. The molecule has 0 saturated heterocycles. The first-order chi connectivity index (χ1) is 10.2. The normalized spacial score (nSPS) is 9.81. The highest BCUT2D eigenvalue weighted by Gasteiger charge is 2.12. The summed E-state index contributed by atoms with van der Waals surface area (Å²) in [6.45, 7) is 2.06. The van der Waals surface area contributed by atoms with E-state index >= 15 is 0 Å². The number of fused-ring (bicyclic) bond motifs is 1. The lowest BCUT2D eigenvalue weighted by molar-refractivity contribution is -0.141. The summed E-state index contributed by atoms with van der Waals surface area (Å²) in [5.41, 5.74) is 1.65. The Morgan fingerprint density at radius 3 is 2.90 bits per heavy atom. The molecule has 0 aliphatic rings. The highest BCUT2D eigenvalue weighted by molar-refractivity contribution is 6.03. The Kier molecular flexibility index (Phi) is 4.57. The van der Waals surface area contributed by atoms with Gasteiger partial charge in [-0.25, -0.2) is 4.79 Å². The number of carbonyl (C=O) groups excluding carboxylic acids is 2. The van der Waals surface area contributed by atoms with Crippen LogP contribution in [0.3, 0.4) is 0 Å². The summed E-state index contributed by atoms with van der Waals surface area (Å²) in [4.78, 5) is 23.0. The minimum absolute atomic E-state index is 0.00239. The Hall–Kier alpha value is -2.81. The highest BCUT2D eigenvalue weighted by Crippen LogP contribution is 2.19. The van der Waals surface area contributed by atoms with Crippen LogP contribution in [-0.4, -0.2) is 35.9 Å². The second-order valence-electron chi connectivity index (χ2n) is 4.13. The Morgan fingerprint density at radius 1 is 1.38 bits per heavy atom. The third-order valence-electron chi connectivity index (χ3n) is 2.73. The fourth-order valence-electron chi connectivity index (χ4n) is 1.83. The summed E-state index contributed by atoms with van der Waals surface area (Å²) in [5, 5.41) is 7.34. The molecule has 0 spiro atoms. The molecule has 1 aromatic carbocycles. The number of ether oxygens (including phenoxy) is 2. The van der Waals surface area contributed by atoms with Gasteiger partial charge in [0.1, 0.15) is 6.42 Å². The number of methoxy groups -OCH3 is 1. The summed E-state index contributed by atoms with van der Waals surface area (Å²) in [6.07, 6.45) is 1.56. The molecule has 6 heteroatoms. The third-order valence-corrected chi connectivity index (χ3v) is 2.73. The number of aromatic amines is 1. The monoisotopic (exact) mass is 286 g/mol. The second kappa shape index (κ2) is 6.57. The van der Waals surface area contributed by atoms with E-state index in [-0.39, 0.29) is 12.4 Å². The highest BCUT2D eigenvalue weighted by atomic mass is 16.5. The zero-order valence-corrected chi connectivity index (χ0v) is 11.7. The van der Waals surface area contributed by atoms with Gasteiger partial charge in [0.25, 0.3) is 0 Å². The maximum absolute atomic E-state index is 11.8. The van der Waals surface area contributed by atoms with Crippen molar-refractivity contribution in [3.63, 3.8) is 0 Å². The van der Waals surface area contributed by atoms with E-state index in [1.165, 1.54) is 7.11 Å². The zero-order valence-electron chi connectivity index (χ0n) is 11.7. The van der Waals surface area contributed by atoms with Gasteiger partial charge in [0.05, 0.1) is 31.0 Å². The van der Waals surface area contributed by atoms with Crippen molar-refractivity contribution in [2.45, 2.75) is 13.3 Å². The molecule has 0 radical (unpaired) electrons. The van der Waals surface area contributed by atoms with Gasteiger partial charge in [0.2, 0.25) is 0 Å². The molecule has 0 fully saturated rings.